The van der Waals surface area contributed by atoms with E-state index in [9.17, 15) is 0 Å². The van der Waals surface area contributed by atoms with E-state index in [1.807, 2.05) is 13.2 Å². The average Bonchev–Trinajstić information content (AvgIpc) is 3.55. The Bertz CT molecular complexity index is 1110. The van der Waals surface area contributed by atoms with Crippen LogP contribution in [0.5, 0.6) is 0 Å². The Hall–Kier alpha value is -2.72. The summed E-state index contributed by atoms with van der Waals surface area (Å²) in [5, 5.41) is 11.2. The van der Waals surface area contributed by atoms with Gasteiger partial charge in [0.2, 0.25) is 5.95 Å². The molecule has 3 aromatic rings. The Morgan fingerprint density at radius 1 is 1.06 bits per heavy atom. The Morgan fingerprint density at radius 3 is 2.59 bits per heavy atom. The zero-order valence-electron chi connectivity index (χ0n) is 17.6. The number of rotatable bonds is 5. The molecular weight excluding hydrogens is 430 g/mol. The van der Waals surface area contributed by atoms with E-state index in [0.717, 1.165) is 18.8 Å². The highest BCUT2D eigenvalue weighted by Crippen LogP contribution is 2.36. The molecule has 2 N–H and O–H groups in total. The van der Waals surface area contributed by atoms with Gasteiger partial charge in [-0.1, -0.05) is 35.9 Å². The molecule has 0 amide bonds. The van der Waals surface area contributed by atoms with Crippen molar-refractivity contribution in [3.05, 3.63) is 59.0 Å². The van der Waals surface area contributed by atoms with Crippen molar-refractivity contribution >= 4 is 29.1 Å². The molecule has 0 spiro atoms. The van der Waals surface area contributed by atoms with Crippen LogP contribution in [0.1, 0.15) is 11.1 Å². The second-order valence-electron chi connectivity index (χ2n) is 8.51. The fraction of sp³-hybridized carbons (Fsp3) is 0.409. The SMILES string of the molecule is Cn1cc(Nc2ncc(Cl)c(NC3COC4C3OCC4N3Cc4ccccc4C3)n2)cn1. The molecule has 5 heterocycles. The maximum absolute atomic E-state index is 6.39. The van der Waals surface area contributed by atoms with Gasteiger partial charge in [-0.2, -0.15) is 10.1 Å². The summed E-state index contributed by atoms with van der Waals surface area (Å²) in [6, 6.07) is 8.82. The van der Waals surface area contributed by atoms with Crippen LogP contribution in [0.2, 0.25) is 5.02 Å². The maximum Gasteiger partial charge on any atom is 0.229 e. The van der Waals surface area contributed by atoms with E-state index in [-0.39, 0.29) is 24.3 Å². The van der Waals surface area contributed by atoms with Crippen LogP contribution in [-0.2, 0) is 29.6 Å². The van der Waals surface area contributed by atoms with Crippen LogP contribution in [0.25, 0.3) is 0 Å². The average molecular weight is 454 g/mol. The van der Waals surface area contributed by atoms with Crippen LogP contribution < -0.4 is 10.6 Å². The third-order valence-electron chi connectivity index (χ3n) is 6.39. The number of halogens is 1. The molecule has 2 fully saturated rings. The number of anilines is 3. The van der Waals surface area contributed by atoms with E-state index >= 15 is 0 Å². The van der Waals surface area contributed by atoms with Crippen molar-refractivity contribution < 1.29 is 9.47 Å². The van der Waals surface area contributed by atoms with Gasteiger partial charge in [0, 0.05) is 26.3 Å². The minimum absolute atomic E-state index is 0.0235. The highest BCUT2D eigenvalue weighted by molar-refractivity contribution is 6.32. The van der Waals surface area contributed by atoms with Crippen LogP contribution in [-0.4, -0.2) is 62.2 Å². The first kappa shape index (κ1) is 19.9. The Morgan fingerprint density at radius 2 is 1.84 bits per heavy atom. The van der Waals surface area contributed by atoms with Gasteiger partial charge in [-0.3, -0.25) is 9.58 Å². The zero-order valence-corrected chi connectivity index (χ0v) is 18.4. The fourth-order valence-corrected chi connectivity index (χ4v) is 4.97. The van der Waals surface area contributed by atoms with Crippen molar-refractivity contribution in [1.82, 2.24) is 24.6 Å². The van der Waals surface area contributed by atoms with Gasteiger partial charge in [0.05, 0.1) is 43.4 Å². The minimum atomic E-state index is -0.0514. The molecule has 10 heteroatoms. The first-order valence-corrected chi connectivity index (χ1v) is 11.1. The molecule has 3 aliphatic heterocycles. The summed E-state index contributed by atoms with van der Waals surface area (Å²) in [4.78, 5) is 11.3. The summed E-state index contributed by atoms with van der Waals surface area (Å²) in [7, 11) is 1.85. The van der Waals surface area contributed by atoms with E-state index in [0.29, 0.717) is 30.0 Å². The number of benzene rings is 1. The van der Waals surface area contributed by atoms with Crippen molar-refractivity contribution in [3.63, 3.8) is 0 Å². The third kappa shape index (κ3) is 3.61. The topological polar surface area (TPSA) is 89.4 Å². The quantitative estimate of drug-likeness (QED) is 0.609. The Kier molecular flexibility index (Phi) is 4.98. The molecule has 1 aromatic carbocycles. The van der Waals surface area contributed by atoms with E-state index in [4.69, 9.17) is 21.1 Å². The number of fused-ring (bicyclic) bond motifs is 2. The molecule has 9 nitrogen and oxygen atoms in total. The largest absolute Gasteiger partial charge is 0.371 e. The number of hydrogen-bond donors (Lipinski definition) is 2. The molecular formula is C22H24ClN7O2. The predicted octanol–water partition coefficient (Wildman–Crippen LogP) is 2.57. The molecule has 2 saturated heterocycles. The minimum Gasteiger partial charge on any atom is -0.371 e. The number of hydrogen-bond acceptors (Lipinski definition) is 8. The van der Waals surface area contributed by atoms with Crippen LogP contribution in [0, 0.1) is 0 Å². The monoisotopic (exact) mass is 453 g/mol. The van der Waals surface area contributed by atoms with Gasteiger partial charge in [-0.15, -0.1) is 0 Å². The fourth-order valence-electron chi connectivity index (χ4n) is 4.83. The smallest absolute Gasteiger partial charge is 0.229 e. The highest BCUT2D eigenvalue weighted by Gasteiger charge is 2.50. The molecule has 6 rings (SSSR count). The molecule has 0 saturated carbocycles. The second kappa shape index (κ2) is 8.00. The molecule has 4 unspecified atom stereocenters. The van der Waals surface area contributed by atoms with E-state index < -0.39 is 0 Å². The lowest BCUT2D eigenvalue weighted by molar-refractivity contribution is 0.0377. The summed E-state index contributed by atoms with van der Waals surface area (Å²) in [6.07, 6.45) is 5.12. The highest BCUT2D eigenvalue weighted by atomic mass is 35.5. The summed E-state index contributed by atoms with van der Waals surface area (Å²) >= 11 is 6.39. The maximum atomic E-state index is 6.39. The van der Waals surface area contributed by atoms with Crippen LogP contribution in [0.15, 0.2) is 42.9 Å². The Labute approximate surface area is 190 Å². The lowest BCUT2D eigenvalue weighted by atomic mass is 10.1. The van der Waals surface area contributed by atoms with Crippen molar-refractivity contribution in [2.24, 2.45) is 7.05 Å². The van der Waals surface area contributed by atoms with Gasteiger partial charge < -0.3 is 20.1 Å². The van der Waals surface area contributed by atoms with Crippen molar-refractivity contribution in [3.8, 4) is 0 Å². The van der Waals surface area contributed by atoms with Crippen molar-refractivity contribution in [1.29, 1.82) is 0 Å². The van der Waals surface area contributed by atoms with Gasteiger partial charge in [0.15, 0.2) is 5.82 Å². The number of nitrogens with zero attached hydrogens (tertiary/aromatic N) is 5. The number of aryl methyl sites for hydroxylation is 1. The summed E-state index contributed by atoms with van der Waals surface area (Å²) in [5.74, 6) is 1.00. The van der Waals surface area contributed by atoms with Gasteiger partial charge in [-0.05, 0) is 11.1 Å². The lowest BCUT2D eigenvalue weighted by Gasteiger charge is -2.26. The van der Waals surface area contributed by atoms with Gasteiger partial charge in [0.25, 0.3) is 0 Å². The summed E-state index contributed by atoms with van der Waals surface area (Å²) < 4.78 is 14.1. The molecule has 166 valence electrons. The second-order valence-corrected chi connectivity index (χ2v) is 8.91. The van der Waals surface area contributed by atoms with Crippen molar-refractivity contribution in [2.75, 3.05) is 23.8 Å². The molecule has 4 atom stereocenters. The molecule has 0 radical (unpaired) electrons. The first-order chi connectivity index (χ1) is 15.6. The summed E-state index contributed by atoms with van der Waals surface area (Å²) in [6.45, 7) is 3.08. The van der Waals surface area contributed by atoms with Crippen LogP contribution in [0.4, 0.5) is 17.5 Å². The van der Waals surface area contributed by atoms with Crippen LogP contribution in [0.3, 0.4) is 0 Å². The van der Waals surface area contributed by atoms with Crippen LogP contribution >= 0.6 is 11.6 Å². The molecule has 2 aromatic heterocycles. The third-order valence-corrected chi connectivity index (χ3v) is 6.67. The van der Waals surface area contributed by atoms with Crippen molar-refractivity contribution in [2.45, 2.75) is 37.4 Å². The first-order valence-electron chi connectivity index (χ1n) is 10.7. The normalized spacial score (nSPS) is 26.8. The predicted molar refractivity (Wildman–Crippen MR) is 120 cm³/mol. The van der Waals surface area contributed by atoms with Gasteiger partial charge in [-0.25, -0.2) is 4.98 Å². The Balaban J connectivity index is 1.14. The number of ether oxygens (including phenoxy) is 2. The summed E-state index contributed by atoms with van der Waals surface area (Å²) in [5.41, 5.74) is 3.59. The van der Waals surface area contributed by atoms with E-state index in [2.05, 4.69) is 54.9 Å². The molecule has 0 bridgehead atoms. The van der Waals surface area contributed by atoms with E-state index in [1.54, 1.807) is 17.1 Å². The number of nitrogens with one attached hydrogen (secondary N) is 2. The lowest BCUT2D eigenvalue weighted by Crippen LogP contribution is -2.42. The number of aromatic nitrogens is 4. The van der Waals surface area contributed by atoms with Gasteiger partial charge in [0.1, 0.15) is 17.2 Å². The molecule has 32 heavy (non-hydrogen) atoms. The standard InChI is InChI=1S/C22H24ClN7O2/c1-29-10-15(6-25-29)26-22-24-7-16(23)21(28-22)27-17-11-31-20-18(12-32-19(17)20)30-8-13-4-2-3-5-14(13)9-30/h2-7,10,17-20H,8-9,11-12H2,1H3,(H2,24,26,27,28). The van der Waals surface area contributed by atoms with Gasteiger partial charge >= 0.3 is 0 Å². The zero-order chi connectivity index (χ0) is 21.7. The van der Waals surface area contributed by atoms with E-state index in [1.165, 1.54) is 11.1 Å². The molecule has 0 aliphatic carbocycles. The molecule has 3 aliphatic rings.